The quantitative estimate of drug-likeness (QED) is 0.918. The van der Waals surface area contributed by atoms with Crippen molar-refractivity contribution in [1.82, 2.24) is 5.32 Å². The summed E-state index contributed by atoms with van der Waals surface area (Å²) in [5.41, 5.74) is 0.757. The molecule has 4 rings (SSSR count). The van der Waals surface area contributed by atoms with E-state index < -0.39 is 0 Å². The van der Waals surface area contributed by atoms with Crippen LogP contribution in [0.2, 0.25) is 0 Å². The molecule has 0 saturated heterocycles. The van der Waals surface area contributed by atoms with Gasteiger partial charge in [-0.2, -0.15) is 0 Å². The van der Waals surface area contributed by atoms with Crippen molar-refractivity contribution < 1.29 is 19.0 Å². The summed E-state index contributed by atoms with van der Waals surface area (Å²) in [6.07, 6.45) is 1.84. The van der Waals surface area contributed by atoms with E-state index in [4.69, 9.17) is 14.2 Å². The van der Waals surface area contributed by atoms with E-state index in [0.29, 0.717) is 19.0 Å². The van der Waals surface area contributed by atoms with Gasteiger partial charge in [0.15, 0.2) is 18.1 Å². The largest absolute Gasteiger partial charge is 0.486 e. The number of hydrogen-bond donors (Lipinski definition) is 1. The van der Waals surface area contributed by atoms with Crippen LogP contribution in [-0.2, 0) is 10.3 Å². The van der Waals surface area contributed by atoms with Crippen LogP contribution in [0.4, 0.5) is 0 Å². The Kier molecular flexibility index (Phi) is 3.76. The van der Waals surface area contributed by atoms with Crippen LogP contribution < -0.4 is 19.5 Å². The Morgan fingerprint density at radius 3 is 2.54 bits per heavy atom. The molecular formula is C19H19NO4. The van der Waals surface area contributed by atoms with Gasteiger partial charge in [0.2, 0.25) is 0 Å². The summed E-state index contributed by atoms with van der Waals surface area (Å²) in [5, 5.41) is 3.10. The van der Waals surface area contributed by atoms with E-state index in [2.05, 4.69) is 5.32 Å². The lowest BCUT2D eigenvalue weighted by Crippen LogP contribution is -2.38. The first-order chi connectivity index (χ1) is 11.8. The molecule has 5 heteroatoms. The Bertz CT molecular complexity index is 740. The van der Waals surface area contributed by atoms with Crippen LogP contribution in [0.5, 0.6) is 17.2 Å². The fraction of sp³-hybridized carbons (Fsp3) is 0.316. The molecule has 2 aliphatic rings. The number of nitrogens with one attached hydrogen (secondary N) is 1. The van der Waals surface area contributed by atoms with Crippen molar-refractivity contribution in [1.29, 1.82) is 0 Å². The average Bonchev–Trinajstić information content (AvgIpc) is 3.41. The second-order valence-corrected chi connectivity index (χ2v) is 6.09. The summed E-state index contributed by atoms with van der Waals surface area (Å²) in [4.78, 5) is 12.2. The number of carbonyl (C=O) groups is 1. The van der Waals surface area contributed by atoms with Gasteiger partial charge in [-0.05, 0) is 42.7 Å². The maximum absolute atomic E-state index is 12.2. The van der Waals surface area contributed by atoms with E-state index in [9.17, 15) is 4.79 Å². The minimum Gasteiger partial charge on any atom is -0.486 e. The molecule has 124 valence electrons. The molecule has 1 heterocycles. The van der Waals surface area contributed by atoms with Crippen molar-refractivity contribution in [2.75, 3.05) is 19.8 Å². The highest BCUT2D eigenvalue weighted by atomic mass is 16.6. The second-order valence-electron chi connectivity index (χ2n) is 6.09. The summed E-state index contributed by atoms with van der Waals surface area (Å²) in [6, 6.07) is 15.2. The third-order valence-electron chi connectivity index (χ3n) is 4.34. The van der Waals surface area contributed by atoms with Crippen LogP contribution in [-0.4, -0.2) is 25.7 Å². The summed E-state index contributed by atoms with van der Waals surface area (Å²) in [5.74, 6) is 2.09. The fourth-order valence-electron chi connectivity index (χ4n) is 2.92. The lowest BCUT2D eigenvalue weighted by Gasteiger charge is -2.22. The lowest BCUT2D eigenvalue weighted by atomic mass is 10.0. The molecule has 0 unspecified atom stereocenters. The summed E-state index contributed by atoms with van der Waals surface area (Å²) in [7, 11) is 0. The molecule has 1 N–H and O–H groups in total. The Hall–Kier alpha value is -2.69. The van der Waals surface area contributed by atoms with Gasteiger partial charge in [-0.25, -0.2) is 0 Å². The number of amides is 1. The second kappa shape index (κ2) is 6.07. The SMILES string of the molecule is O=C(COc1ccccc1)NC1(c2ccc3c(c2)OCCO3)CC1. The van der Waals surface area contributed by atoms with Gasteiger partial charge in [0.25, 0.3) is 5.91 Å². The molecule has 1 fully saturated rings. The van der Waals surface area contributed by atoms with Gasteiger partial charge in [0.05, 0.1) is 5.54 Å². The van der Waals surface area contributed by atoms with E-state index in [0.717, 1.165) is 29.9 Å². The van der Waals surface area contributed by atoms with Crippen molar-refractivity contribution in [2.45, 2.75) is 18.4 Å². The standard InChI is InChI=1S/C19H19NO4/c21-18(13-24-15-4-2-1-3-5-15)20-19(8-9-19)14-6-7-16-17(12-14)23-11-10-22-16/h1-7,12H,8-11,13H2,(H,20,21). The fourth-order valence-corrected chi connectivity index (χ4v) is 2.92. The van der Waals surface area contributed by atoms with Crippen molar-refractivity contribution in [3.63, 3.8) is 0 Å². The van der Waals surface area contributed by atoms with E-state index in [1.54, 1.807) is 0 Å². The molecule has 2 aromatic rings. The van der Waals surface area contributed by atoms with Gasteiger partial charge in [0.1, 0.15) is 19.0 Å². The number of carbonyl (C=O) groups excluding carboxylic acids is 1. The van der Waals surface area contributed by atoms with E-state index in [1.165, 1.54) is 0 Å². The first-order valence-corrected chi connectivity index (χ1v) is 8.14. The molecule has 0 aromatic heterocycles. The maximum Gasteiger partial charge on any atom is 0.258 e. The Morgan fingerprint density at radius 2 is 1.79 bits per heavy atom. The highest BCUT2D eigenvalue weighted by Crippen LogP contribution is 2.47. The normalized spacial score (nSPS) is 17.0. The van der Waals surface area contributed by atoms with Gasteiger partial charge in [0, 0.05) is 0 Å². The van der Waals surface area contributed by atoms with Crippen LogP contribution in [0.15, 0.2) is 48.5 Å². The molecule has 1 aliphatic heterocycles. The minimum atomic E-state index is -0.299. The summed E-state index contributed by atoms with van der Waals surface area (Å²) >= 11 is 0. The third-order valence-corrected chi connectivity index (χ3v) is 4.34. The molecule has 5 nitrogen and oxygen atoms in total. The van der Waals surface area contributed by atoms with Crippen LogP contribution in [0, 0.1) is 0 Å². The lowest BCUT2D eigenvalue weighted by molar-refractivity contribution is -0.124. The number of benzene rings is 2. The van der Waals surface area contributed by atoms with E-state index in [1.807, 2.05) is 48.5 Å². The molecule has 0 radical (unpaired) electrons. The van der Waals surface area contributed by atoms with Crippen LogP contribution in [0.25, 0.3) is 0 Å². The molecule has 0 atom stereocenters. The van der Waals surface area contributed by atoms with Crippen molar-refractivity contribution in [2.24, 2.45) is 0 Å². The molecule has 0 spiro atoms. The first-order valence-electron chi connectivity index (χ1n) is 8.14. The highest BCUT2D eigenvalue weighted by Gasteiger charge is 2.46. The van der Waals surface area contributed by atoms with Crippen LogP contribution in [0.3, 0.4) is 0 Å². The molecule has 1 aliphatic carbocycles. The van der Waals surface area contributed by atoms with Gasteiger partial charge >= 0.3 is 0 Å². The number of para-hydroxylation sites is 1. The zero-order chi connectivity index (χ0) is 16.4. The Balaban J connectivity index is 1.41. The van der Waals surface area contributed by atoms with Crippen molar-refractivity contribution in [3.05, 3.63) is 54.1 Å². The van der Waals surface area contributed by atoms with Gasteiger partial charge in [-0.15, -0.1) is 0 Å². The predicted molar refractivity (Wildman–Crippen MR) is 88.4 cm³/mol. The van der Waals surface area contributed by atoms with Gasteiger partial charge < -0.3 is 19.5 Å². The molecular weight excluding hydrogens is 306 g/mol. The van der Waals surface area contributed by atoms with E-state index >= 15 is 0 Å². The topological polar surface area (TPSA) is 56.8 Å². The number of hydrogen-bond acceptors (Lipinski definition) is 4. The van der Waals surface area contributed by atoms with Gasteiger partial charge in [-0.3, -0.25) is 4.79 Å². The summed E-state index contributed by atoms with van der Waals surface area (Å²) < 4.78 is 16.7. The smallest absolute Gasteiger partial charge is 0.258 e. The third kappa shape index (κ3) is 3.02. The van der Waals surface area contributed by atoms with Crippen molar-refractivity contribution in [3.8, 4) is 17.2 Å². The zero-order valence-electron chi connectivity index (χ0n) is 13.3. The highest BCUT2D eigenvalue weighted by molar-refractivity contribution is 5.79. The average molecular weight is 325 g/mol. The van der Waals surface area contributed by atoms with Gasteiger partial charge in [-0.1, -0.05) is 24.3 Å². The van der Waals surface area contributed by atoms with Crippen LogP contribution >= 0.6 is 0 Å². The molecule has 2 aromatic carbocycles. The Labute approximate surface area is 140 Å². The maximum atomic E-state index is 12.2. The molecule has 0 bridgehead atoms. The zero-order valence-corrected chi connectivity index (χ0v) is 13.3. The van der Waals surface area contributed by atoms with E-state index in [-0.39, 0.29) is 18.1 Å². The van der Waals surface area contributed by atoms with Crippen LogP contribution in [0.1, 0.15) is 18.4 Å². The number of rotatable bonds is 5. The number of fused-ring (bicyclic) bond motifs is 1. The monoisotopic (exact) mass is 325 g/mol. The predicted octanol–water partition coefficient (Wildman–Crippen LogP) is 2.64. The Morgan fingerprint density at radius 1 is 1.04 bits per heavy atom. The first kappa shape index (κ1) is 14.9. The molecule has 24 heavy (non-hydrogen) atoms. The molecule has 1 amide bonds. The number of ether oxygens (including phenoxy) is 3. The molecule has 1 saturated carbocycles. The minimum absolute atomic E-state index is 0.0102. The van der Waals surface area contributed by atoms with Crippen molar-refractivity contribution >= 4 is 5.91 Å². The summed E-state index contributed by atoms with van der Waals surface area (Å²) in [6.45, 7) is 1.14.